The summed E-state index contributed by atoms with van der Waals surface area (Å²) in [5.74, 6) is 1.03. The molecule has 3 nitrogen and oxygen atoms in total. The molecule has 0 amide bonds. The van der Waals surface area contributed by atoms with Gasteiger partial charge in [-0.1, -0.05) is 31.5 Å². The molecule has 1 rings (SSSR count). The van der Waals surface area contributed by atoms with Crippen LogP contribution < -0.4 is 0 Å². The molecule has 0 saturated heterocycles. The minimum Gasteiger partial charge on any atom is -0.228 e. The van der Waals surface area contributed by atoms with Crippen molar-refractivity contribution in [2.24, 2.45) is 0 Å². The Bertz CT molecular complexity index is 357. The van der Waals surface area contributed by atoms with Crippen molar-refractivity contribution in [3.63, 3.8) is 0 Å². The van der Waals surface area contributed by atoms with E-state index in [1.54, 1.807) is 17.8 Å². The summed E-state index contributed by atoms with van der Waals surface area (Å²) < 4.78 is 0. The van der Waals surface area contributed by atoms with Crippen LogP contribution in [0.3, 0.4) is 0 Å². The van der Waals surface area contributed by atoms with E-state index in [-0.39, 0.29) is 0 Å². The van der Waals surface area contributed by atoms with Crippen molar-refractivity contribution in [2.75, 3.05) is 5.75 Å². The van der Waals surface area contributed by atoms with Crippen LogP contribution in [0.5, 0.6) is 0 Å². The summed E-state index contributed by atoms with van der Waals surface area (Å²) in [6.07, 6.45) is 3.64. The van der Waals surface area contributed by atoms with E-state index in [0.717, 1.165) is 16.6 Å². The second-order valence-corrected chi connectivity index (χ2v) is 4.41. The Morgan fingerprint density at radius 1 is 1.40 bits per heavy atom. The van der Waals surface area contributed by atoms with Crippen molar-refractivity contribution in [2.45, 2.75) is 38.3 Å². The lowest BCUT2D eigenvalue weighted by atomic mass is 10.3. The zero-order valence-corrected chi connectivity index (χ0v) is 9.97. The second-order valence-electron chi connectivity index (χ2n) is 3.34. The highest BCUT2D eigenvalue weighted by molar-refractivity contribution is 7.99. The molecule has 0 spiro atoms. The highest BCUT2D eigenvalue weighted by Gasteiger charge is 2.01. The summed E-state index contributed by atoms with van der Waals surface area (Å²) in [6, 6.07) is 3.75. The number of hydrogen-bond donors (Lipinski definition) is 0. The number of hydrogen-bond acceptors (Lipinski definition) is 4. The lowest BCUT2D eigenvalue weighted by molar-refractivity contribution is 0.776. The van der Waals surface area contributed by atoms with E-state index in [1.807, 2.05) is 13.0 Å². The number of aryl methyl sites for hydroxylation is 1. The molecule has 0 aliphatic carbocycles. The second kappa shape index (κ2) is 6.41. The number of nitriles is 1. The molecule has 80 valence electrons. The Morgan fingerprint density at radius 2 is 2.20 bits per heavy atom. The highest BCUT2D eigenvalue weighted by atomic mass is 32.2. The molecule has 4 heteroatoms. The summed E-state index contributed by atoms with van der Waals surface area (Å²) in [5, 5.41) is 9.47. The molecule has 0 aromatic carbocycles. The van der Waals surface area contributed by atoms with Gasteiger partial charge < -0.3 is 0 Å². The first-order valence-corrected chi connectivity index (χ1v) is 6.13. The Kier molecular flexibility index (Phi) is 5.13. The lowest BCUT2D eigenvalue weighted by Crippen LogP contribution is -1.94. The van der Waals surface area contributed by atoms with Gasteiger partial charge in [-0.15, -0.1) is 0 Å². The average molecular weight is 221 g/mol. The molecule has 1 heterocycles. The number of aromatic nitrogens is 2. The fourth-order valence-electron chi connectivity index (χ4n) is 1.18. The van der Waals surface area contributed by atoms with E-state index in [9.17, 15) is 0 Å². The van der Waals surface area contributed by atoms with Gasteiger partial charge in [-0.3, -0.25) is 0 Å². The van der Waals surface area contributed by atoms with Gasteiger partial charge in [-0.05, 0) is 19.4 Å². The zero-order valence-electron chi connectivity index (χ0n) is 9.16. The zero-order chi connectivity index (χ0) is 11.1. The molecule has 1 aromatic heterocycles. The minimum absolute atomic E-state index is 0.459. The molecule has 0 fully saturated rings. The molecule has 1 aromatic rings. The maximum atomic E-state index is 8.75. The largest absolute Gasteiger partial charge is 0.228 e. The van der Waals surface area contributed by atoms with Gasteiger partial charge in [0.2, 0.25) is 0 Å². The van der Waals surface area contributed by atoms with Gasteiger partial charge in [0.1, 0.15) is 11.8 Å². The van der Waals surface area contributed by atoms with Crippen LogP contribution in [0.2, 0.25) is 0 Å². The molecule has 0 bridgehead atoms. The minimum atomic E-state index is 0.459. The first kappa shape index (κ1) is 12.0. The Morgan fingerprint density at radius 3 is 2.87 bits per heavy atom. The first-order valence-electron chi connectivity index (χ1n) is 5.15. The van der Waals surface area contributed by atoms with E-state index in [2.05, 4.69) is 16.9 Å². The molecule has 0 aliphatic rings. The molecule has 0 unspecified atom stereocenters. The molecular formula is C11H15N3S. The Hall–Kier alpha value is -1.08. The Labute approximate surface area is 94.9 Å². The van der Waals surface area contributed by atoms with Gasteiger partial charge >= 0.3 is 0 Å². The first-order chi connectivity index (χ1) is 7.26. The Balaban J connectivity index is 2.54. The van der Waals surface area contributed by atoms with Crippen LogP contribution in [0.4, 0.5) is 0 Å². The maximum Gasteiger partial charge on any atom is 0.189 e. The van der Waals surface area contributed by atoms with Gasteiger partial charge in [0, 0.05) is 11.4 Å². The van der Waals surface area contributed by atoms with Gasteiger partial charge in [0.25, 0.3) is 0 Å². The van der Waals surface area contributed by atoms with Gasteiger partial charge in [0.15, 0.2) is 5.16 Å². The van der Waals surface area contributed by atoms with E-state index in [0.29, 0.717) is 5.69 Å². The van der Waals surface area contributed by atoms with Crippen molar-refractivity contribution < 1.29 is 0 Å². The highest BCUT2D eigenvalue weighted by Crippen LogP contribution is 2.16. The molecule has 0 N–H and O–H groups in total. The topological polar surface area (TPSA) is 49.6 Å². The molecule has 0 saturated carbocycles. The molecular weight excluding hydrogens is 206 g/mol. The monoisotopic (exact) mass is 221 g/mol. The third-order valence-corrected chi connectivity index (χ3v) is 2.86. The summed E-state index contributed by atoms with van der Waals surface area (Å²) in [6.45, 7) is 4.07. The summed E-state index contributed by atoms with van der Waals surface area (Å²) in [4.78, 5) is 8.42. The van der Waals surface area contributed by atoms with Crippen molar-refractivity contribution in [1.82, 2.24) is 9.97 Å². The van der Waals surface area contributed by atoms with Crippen LogP contribution in [-0.2, 0) is 0 Å². The van der Waals surface area contributed by atoms with E-state index in [1.165, 1.54) is 19.3 Å². The molecule has 0 radical (unpaired) electrons. The molecule has 15 heavy (non-hydrogen) atoms. The van der Waals surface area contributed by atoms with Crippen LogP contribution >= 0.6 is 11.8 Å². The van der Waals surface area contributed by atoms with Crippen molar-refractivity contribution >= 4 is 11.8 Å². The van der Waals surface area contributed by atoms with E-state index < -0.39 is 0 Å². The normalized spacial score (nSPS) is 9.93. The van der Waals surface area contributed by atoms with E-state index >= 15 is 0 Å². The fraction of sp³-hybridized carbons (Fsp3) is 0.545. The standard InChI is InChI=1S/C11H15N3S/c1-3-4-5-6-15-11-13-9(2)7-10(8-12)14-11/h7H,3-6H2,1-2H3. The summed E-state index contributed by atoms with van der Waals surface area (Å²) in [5.41, 5.74) is 1.32. The van der Waals surface area contributed by atoms with Crippen LogP contribution in [-0.4, -0.2) is 15.7 Å². The summed E-state index contributed by atoms with van der Waals surface area (Å²) in [7, 11) is 0. The molecule has 0 aliphatic heterocycles. The van der Waals surface area contributed by atoms with Crippen LogP contribution in [0.25, 0.3) is 0 Å². The smallest absolute Gasteiger partial charge is 0.189 e. The summed E-state index contributed by atoms with van der Waals surface area (Å²) >= 11 is 1.63. The third-order valence-electron chi connectivity index (χ3n) is 1.93. The number of unbranched alkanes of at least 4 members (excludes halogenated alkanes) is 2. The predicted molar refractivity (Wildman–Crippen MR) is 61.7 cm³/mol. The van der Waals surface area contributed by atoms with Crippen molar-refractivity contribution in [3.05, 3.63) is 17.5 Å². The van der Waals surface area contributed by atoms with Gasteiger partial charge in [0.05, 0.1) is 0 Å². The third kappa shape index (κ3) is 4.30. The van der Waals surface area contributed by atoms with Crippen molar-refractivity contribution in [1.29, 1.82) is 5.26 Å². The quantitative estimate of drug-likeness (QED) is 0.436. The van der Waals surface area contributed by atoms with Gasteiger partial charge in [-0.2, -0.15) is 5.26 Å². The van der Waals surface area contributed by atoms with Crippen molar-refractivity contribution in [3.8, 4) is 6.07 Å². The fourth-order valence-corrected chi connectivity index (χ4v) is 2.08. The lowest BCUT2D eigenvalue weighted by Gasteiger charge is -2.01. The van der Waals surface area contributed by atoms with Crippen LogP contribution in [0.15, 0.2) is 11.2 Å². The number of thioether (sulfide) groups is 1. The van der Waals surface area contributed by atoms with Gasteiger partial charge in [-0.25, -0.2) is 9.97 Å². The average Bonchev–Trinajstić information content (AvgIpc) is 2.23. The van der Waals surface area contributed by atoms with E-state index in [4.69, 9.17) is 5.26 Å². The SMILES string of the molecule is CCCCCSc1nc(C)cc(C#N)n1. The molecule has 0 atom stereocenters. The number of rotatable bonds is 5. The number of nitrogens with zero attached hydrogens (tertiary/aromatic N) is 3. The predicted octanol–water partition coefficient (Wildman–Crippen LogP) is 2.94. The maximum absolute atomic E-state index is 8.75. The van der Waals surface area contributed by atoms with Crippen LogP contribution in [0, 0.1) is 18.3 Å². The van der Waals surface area contributed by atoms with Crippen LogP contribution in [0.1, 0.15) is 37.6 Å².